The Morgan fingerprint density at radius 1 is 0.781 bits per heavy atom. The van der Waals surface area contributed by atoms with Crippen LogP contribution in [0, 0.1) is 18.8 Å². The molecule has 4 rings (SSSR count). The zero-order chi connectivity index (χ0) is 22.5. The van der Waals surface area contributed by atoms with Crippen molar-refractivity contribution in [3.63, 3.8) is 0 Å². The van der Waals surface area contributed by atoms with E-state index < -0.39 is 0 Å². The Hall–Kier alpha value is -3.92. The number of benzene rings is 4. The molecular weight excluding hydrogens is 396 g/mol. The Morgan fingerprint density at radius 2 is 1.41 bits per heavy atom. The van der Waals surface area contributed by atoms with Gasteiger partial charge in [-0.3, -0.25) is 0 Å². The van der Waals surface area contributed by atoms with Gasteiger partial charge >= 0.3 is 0 Å². The molecule has 0 aliphatic heterocycles. The van der Waals surface area contributed by atoms with Gasteiger partial charge in [-0.2, -0.15) is 0 Å². The van der Waals surface area contributed by atoms with Gasteiger partial charge in [0.15, 0.2) is 0 Å². The van der Waals surface area contributed by atoms with Crippen LogP contribution in [0.15, 0.2) is 90.1 Å². The fourth-order valence-corrected chi connectivity index (χ4v) is 3.84. The molecule has 0 unspecified atom stereocenters. The molecule has 0 atom stereocenters. The van der Waals surface area contributed by atoms with Crippen LogP contribution in [0.25, 0.3) is 11.1 Å². The number of aryl methyl sites for hydroxylation is 2. The van der Waals surface area contributed by atoms with Crippen molar-refractivity contribution in [1.82, 2.24) is 0 Å². The smallest absolute Gasteiger partial charge is 0.143 e. The lowest BCUT2D eigenvalue weighted by Gasteiger charge is -2.17. The van der Waals surface area contributed by atoms with E-state index in [9.17, 15) is 4.91 Å². The van der Waals surface area contributed by atoms with Crippen LogP contribution < -0.4 is 10.5 Å². The lowest BCUT2D eigenvalue weighted by molar-refractivity contribution is 0.307. The molecule has 0 aliphatic carbocycles. The molecule has 4 heteroatoms. The minimum absolute atomic E-state index is 0.393. The van der Waals surface area contributed by atoms with Crippen LogP contribution in [0.5, 0.6) is 5.75 Å². The minimum atomic E-state index is 0.393. The Kier molecular flexibility index (Phi) is 6.31. The third-order valence-electron chi connectivity index (χ3n) is 5.83. The number of ether oxygens (including phenoxy) is 1. The predicted octanol–water partition coefficient (Wildman–Crippen LogP) is 7.12. The number of hydrogen-bond donors (Lipinski definition) is 1. The summed E-state index contributed by atoms with van der Waals surface area (Å²) in [7, 11) is 0. The van der Waals surface area contributed by atoms with Crippen molar-refractivity contribution in [2.75, 3.05) is 5.73 Å². The number of nitrogens with zero attached hydrogens (tertiary/aromatic N) is 1. The summed E-state index contributed by atoms with van der Waals surface area (Å²) >= 11 is 0. The van der Waals surface area contributed by atoms with Gasteiger partial charge in [0.05, 0.1) is 5.69 Å². The Labute approximate surface area is 188 Å². The lowest BCUT2D eigenvalue weighted by atomic mass is 9.94. The van der Waals surface area contributed by atoms with Crippen molar-refractivity contribution in [1.29, 1.82) is 0 Å². The fraction of sp³-hybridized carbons (Fsp3) is 0.143. The van der Waals surface area contributed by atoms with Crippen molar-refractivity contribution >= 4 is 11.4 Å². The second-order valence-electron chi connectivity index (χ2n) is 7.97. The summed E-state index contributed by atoms with van der Waals surface area (Å²) in [6.45, 7) is 4.57. The number of anilines is 1. The van der Waals surface area contributed by atoms with Crippen LogP contribution in [-0.4, -0.2) is 0 Å². The van der Waals surface area contributed by atoms with Crippen molar-refractivity contribution < 1.29 is 4.74 Å². The van der Waals surface area contributed by atoms with Crippen LogP contribution in [0.1, 0.15) is 27.8 Å². The van der Waals surface area contributed by atoms with Gasteiger partial charge in [0.2, 0.25) is 0 Å². The largest absolute Gasteiger partial charge is 0.487 e. The molecule has 0 amide bonds. The quantitative estimate of drug-likeness (QED) is 0.255. The maximum atomic E-state index is 11.4. The molecular formula is C28H26N2O2. The first-order valence-electron chi connectivity index (χ1n) is 10.6. The van der Waals surface area contributed by atoms with Gasteiger partial charge in [0, 0.05) is 5.56 Å². The molecule has 0 aliphatic rings. The molecule has 0 spiro atoms. The summed E-state index contributed by atoms with van der Waals surface area (Å²) in [4.78, 5) is 11.4. The van der Waals surface area contributed by atoms with Crippen LogP contribution in [0.2, 0.25) is 0 Å². The van der Waals surface area contributed by atoms with Crippen LogP contribution in [-0.2, 0) is 13.0 Å². The van der Waals surface area contributed by atoms with Crippen molar-refractivity contribution in [2.45, 2.75) is 26.9 Å². The summed E-state index contributed by atoms with van der Waals surface area (Å²) in [5.41, 5.74) is 14.8. The van der Waals surface area contributed by atoms with Gasteiger partial charge < -0.3 is 10.5 Å². The fourth-order valence-electron chi connectivity index (χ4n) is 3.84. The first-order valence-corrected chi connectivity index (χ1v) is 10.6. The van der Waals surface area contributed by atoms with Gasteiger partial charge in [0.1, 0.15) is 18.0 Å². The highest BCUT2D eigenvalue weighted by Gasteiger charge is 2.15. The standard InChI is InChI=1S/C28H26N2O2/c1-19-9-3-5-11-21(19)15-24-16-23(25-13-7-8-14-26(25)30-31)17-27(28(24)29)32-18-22-12-6-4-10-20(22)2/h3-14,16-17H,15,18,29H2,1-2H3. The van der Waals surface area contributed by atoms with Gasteiger partial charge in [-0.05, 0) is 77.0 Å². The number of nitrogens with two attached hydrogens (primary N) is 1. The second-order valence-corrected chi connectivity index (χ2v) is 7.97. The van der Waals surface area contributed by atoms with Crippen molar-refractivity contribution in [3.8, 4) is 16.9 Å². The van der Waals surface area contributed by atoms with Gasteiger partial charge in [-0.1, -0.05) is 66.7 Å². The van der Waals surface area contributed by atoms with Gasteiger partial charge in [-0.15, -0.1) is 4.91 Å². The number of rotatable bonds is 7. The molecule has 2 N–H and O–H groups in total. The van der Waals surface area contributed by atoms with Crippen LogP contribution in [0.4, 0.5) is 11.4 Å². The number of nitrogen functional groups attached to an aromatic ring is 1. The topological polar surface area (TPSA) is 64.7 Å². The summed E-state index contributed by atoms with van der Waals surface area (Å²) < 4.78 is 6.21. The number of nitroso groups, excluding NO2 is 1. The molecule has 4 nitrogen and oxygen atoms in total. The highest BCUT2D eigenvalue weighted by Crippen LogP contribution is 2.38. The van der Waals surface area contributed by atoms with E-state index in [1.807, 2.05) is 48.5 Å². The van der Waals surface area contributed by atoms with Crippen LogP contribution >= 0.6 is 0 Å². The zero-order valence-electron chi connectivity index (χ0n) is 18.3. The molecule has 0 radical (unpaired) electrons. The summed E-state index contributed by atoms with van der Waals surface area (Å²) in [6.07, 6.45) is 0.670. The molecule has 160 valence electrons. The average molecular weight is 423 g/mol. The maximum absolute atomic E-state index is 11.4. The first kappa shape index (κ1) is 21.3. The molecule has 0 saturated carbocycles. The summed E-state index contributed by atoms with van der Waals surface area (Å²) in [5, 5.41) is 3.21. The van der Waals surface area contributed by atoms with E-state index in [2.05, 4.69) is 43.3 Å². The number of hydrogen-bond acceptors (Lipinski definition) is 4. The average Bonchev–Trinajstić information content (AvgIpc) is 2.82. The molecule has 0 fully saturated rings. The van der Waals surface area contributed by atoms with Gasteiger partial charge in [0.25, 0.3) is 0 Å². The summed E-state index contributed by atoms with van der Waals surface area (Å²) in [6, 6.07) is 27.6. The molecule has 0 bridgehead atoms. The van der Waals surface area contributed by atoms with Crippen LogP contribution in [0.3, 0.4) is 0 Å². The predicted molar refractivity (Wildman–Crippen MR) is 131 cm³/mol. The Bertz CT molecular complexity index is 1260. The second kappa shape index (κ2) is 9.48. The SMILES string of the molecule is Cc1ccccc1COc1cc(-c2ccccc2N=O)cc(Cc2ccccc2C)c1N. The van der Waals surface area contributed by atoms with Gasteiger partial charge in [-0.25, -0.2) is 0 Å². The zero-order valence-corrected chi connectivity index (χ0v) is 18.3. The van der Waals surface area contributed by atoms with E-state index in [0.717, 1.165) is 27.8 Å². The monoisotopic (exact) mass is 422 g/mol. The summed E-state index contributed by atoms with van der Waals surface area (Å²) in [5.74, 6) is 0.607. The van der Waals surface area contributed by atoms with Crippen molar-refractivity contribution in [2.24, 2.45) is 5.18 Å². The van der Waals surface area contributed by atoms with Crippen molar-refractivity contribution in [3.05, 3.63) is 118 Å². The Balaban J connectivity index is 1.78. The molecule has 4 aromatic carbocycles. The molecule has 0 aromatic heterocycles. The highest BCUT2D eigenvalue weighted by molar-refractivity contribution is 5.80. The van der Waals surface area contributed by atoms with E-state index in [1.54, 1.807) is 12.1 Å². The van der Waals surface area contributed by atoms with E-state index >= 15 is 0 Å². The molecule has 4 aromatic rings. The minimum Gasteiger partial charge on any atom is -0.487 e. The molecule has 32 heavy (non-hydrogen) atoms. The third-order valence-corrected chi connectivity index (χ3v) is 5.83. The van der Waals surface area contributed by atoms with E-state index in [0.29, 0.717) is 30.2 Å². The lowest BCUT2D eigenvalue weighted by Crippen LogP contribution is -2.04. The Morgan fingerprint density at radius 3 is 2.09 bits per heavy atom. The molecule has 0 heterocycles. The molecule has 0 saturated heterocycles. The van der Waals surface area contributed by atoms with E-state index in [4.69, 9.17) is 10.5 Å². The van der Waals surface area contributed by atoms with E-state index in [-0.39, 0.29) is 0 Å². The normalized spacial score (nSPS) is 10.7. The highest BCUT2D eigenvalue weighted by atomic mass is 16.5. The maximum Gasteiger partial charge on any atom is 0.143 e. The first-order chi connectivity index (χ1) is 15.6. The third kappa shape index (κ3) is 4.54. The van der Waals surface area contributed by atoms with E-state index in [1.165, 1.54) is 11.1 Å².